The van der Waals surface area contributed by atoms with E-state index in [1.165, 1.54) is 12.3 Å². The Kier molecular flexibility index (Phi) is 5.92. The van der Waals surface area contributed by atoms with Crippen LogP contribution in [0, 0.1) is 5.82 Å². The van der Waals surface area contributed by atoms with Crippen molar-refractivity contribution in [3.05, 3.63) is 54.0 Å². The lowest BCUT2D eigenvalue weighted by atomic mass is 10.2. The van der Waals surface area contributed by atoms with Crippen molar-refractivity contribution in [2.45, 2.75) is 26.3 Å². The van der Waals surface area contributed by atoms with Gasteiger partial charge in [0.25, 0.3) is 0 Å². The lowest BCUT2D eigenvalue weighted by molar-refractivity contribution is 0.598. The molecule has 0 unspecified atom stereocenters. The maximum Gasteiger partial charge on any atom is 0.232 e. The van der Waals surface area contributed by atoms with Crippen molar-refractivity contribution in [3.8, 4) is 0 Å². The molecule has 0 saturated carbocycles. The number of pyridine rings is 1. The minimum Gasteiger partial charge on any atom is -0.366 e. The topological polar surface area (TPSA) is 71.1 Å². The average Bonchev–Trinajstić information content (AvgIpc) is 2.53. The maximum absolute atomic E-state index is 13.5. The van der Waals surface area contributed by atoms with Gasteiger partial charge in [0.1, 0.15) is 11.6 Å². The minimum atomic E-state index is -3.33. The Labute approximate surface area is 136 Å². The molecule has 1 heterocycles. The minimum absolute atomic E-state index is 0.0940. The molecule has 0 aliphatic rings. The van der Waals surface area contributed by atoms with Crippen LogP contribution in [0.3, 0.4) is 0 Å². The van der Waals surface area contributed by atoms with Crippen molar-refractivity contribution in [2.24, 2.45) is 0 Å². The van der Waals surface area contributed by atoms with Crippen LogP contribution in [0.15, 0.2) is 42.6 Å². The van der Waals surface area contributed by atoms with Crippen LogP contribution in [0.25, 0.3) is 0 Å². The second-order valence-corrected chi connectivity index (χ2v) is 6.99. The molecule has 0 fully saturated rings. The number of benzene rings is 1. The fourth-order valence-electron chi connectivity index (χ4n) is 1.95. The van der Waals surface area contributed by atoms with E-state index in [1.54, 1.807) is 30.3 Å². The Balaban J connectivity index is 1.93. The molecule has 1 aromatic carbocycles. The lowest BCUT2D eigenvalue weighted by Crippen LogP contribution is -2.16. The van der Waals surface area contributed by atoms with Gasteiger partial charge in [-0.15, -0.1) is 0 Å². The highest BCUT2D eigenvalue weighted by molar-refractivity contribution is 7.92. The van der Waals surface area contributed by atoms with Crippen molar-refractivity contribution in [3.63, 3.8) is 0 Å². The molecule has 2 rings (SSSR count). The van der Waals surface area contributed by atoms with Gasteiger partial charge in [-0.1, -0.05) is 31.5 Å². The van der Waals surface area contributed by atoms with E-state index in [4.69, 9.17) is 0 Å². The molecule has 0 atom stereocenters. The second-order valence-electron chi connectivity index (χ2n) is 5.15. The highest BCUT2D eigenvalue weighted by Crippen LogP contribution is 2.14. The van der Waals surface area contributed by atoms with Gasteiger partial charge in [-0.3, -0.25) is 4.72 Å². The van der Waals surface area contributed by atoms with Crippen molar-refractivity contribution >= 4 is 21.5 Å². The zero-order valence-electron chi connectivity index (χ0n) is 12.9. The third-order valence-corrected chi connectivity index (χ3v) is 4.59. The molecule has 0 aliphatic carbocycles. The van der Waals surface area contributed by atoms with Crippen LogP contribution in [0.5, 0.6) is 0 Å². The molecule has 0 radical (unpaired) electrons. The molecule has 7 heteroatoms. The predicted octanol–water partition coefficient (Wildman–Crippen LogP) is 3.37. The fourth-order valence-corrected chi connectivity index (χ4v) is 3.20. The van der Waals surface area contributed by atoms with Gasteiger partial charge >= 0.3 is 0 Å². The molecule has 0 amide bonds. The first-order valence-electron chi connectivity index (χ1n) is 7.44. The predicted molar refractivity (Wildman–Crippen MR) is 90.3 cm³/mol. The first-order chi connectivity index (χ1) is 11.0. The van der Waals surface area contributed by atoms with E-state index in [2.05, 4.69) is 15.0 Å². The first-order valence-corrected chi connectivity index (χ1v) is 9.09. The van der Waals surface area contributed by atoms with E-state index in [0.717, 1.165) is 6.42 Å². The van der Waals surface area contributed by atoms with Crippen molar-refractivity contribution in [1.82, 2.24) is 4.98 Å². The largest absolute Gasteiger partial charge is 0.366 e. The zero-order chi connectivity index (χ0) is 16.7. The third-order valence-electron chi connectivity index (χ3n) is 3.22. The van der Waals surface area contributed by atoms with Crippen LogP contribution in [0.1, 0.15) is 25.3 Å². The van der Waals surface area contributed by atoms with Gasteiger partial charge in [-0.05, 0) is 24.6 Å². The Morgan fingerprint density at radius 3 is 2.61 bits per heavy atom. The molecule has 1 aromatic heterocycles. The second kappa shape index (κ2) is 7.92. The molecule has 0 aliphatic heterocycles. The molecular formula is C16H20FN3O2S. The van der Waals surface area contributed by atoms with E-state index in [-0.39, 0.29) is 11.6 Å². The maximum atomic E-state index is 13.5. The number of anilines is 2. The van der Waals surface area contributed by atoms with Gasteiger partial charge in [0.2, 0.25) is 10.0 Å². The quantitative estimate of drug-likeness (QED) is 0.775. The Morgan fingerprint density at radius 2 is 1.96 bits per heavy atom. The zero-order valence-corrected chi connectivity index (χ0v) is 13.7. The normalized spacial score (nSPS) is 11.2. The molecule has 2 N–H and O–H groups in total. The molecular weight excluding hydrogens is 317 g/mol. The standard InChI is InChI=1S/C16H20FN3O2S/c1-2-3-10-23(21,22)20-14-8-9-16(19-12-14)18-11-13-6-4-5-7-15(13)17/h4-9,12,20H,2-3,10-11H2,1H3,(H,18,19). The van der Waals surface area contributed by atoms with Gasteiger partial charge in [-0.25, -0.2) is 17.8 Å². The first kappa shape index (κ1) is 17.2. The van der Waals surface area contributed by atoms with Crippen LogP contribution >= 0.6 is 0 Å². The van der Waals surface area contributed by atoms with Crippen LogP contribution < -0.4 is 10.0 Å². The summed E-state index contributed by atoms with van der Waals surface area (Å²) < 4.78 is 39.6. The molecule has 124 valence electrons. The summed E-state index contributed by atoms with van der Waals surface area (Å²) >= 11 is 0. The van der Waals surface area contributed by atoms with E-state index >= 15 is 0 Å². The summed E-state index contributed by atoms with van der Waals surface area (Å²) in [6.45, 7) is 2.24. The Bertz CT molecular complexity index is 733. The SMILES string of the molecule is CCCCS(=O)(=O)Nc1ccc(NCc2ccccc2F)nc1. The monoisotopic (exact) mass is 337 g/mol. The summed E-state index contributed by atoms with van der Waals surface area (Å²) in [5.74, 6) is 0.363. The number of halogens is 1. The molecule has 2 aromatic rings. The highest BCUT2D eigenvalue weighted by Gasteiger charge is 2.09. The number of aromatic nitrogens is 1. The number of unbranched alkanes of at least 4 members (excludes halogenated alkanes) is 1. The number of rotatable bonds is 8. The van der Waals surface area contributed by atoms with Gasteiger partial charge in [0.05, 0.1) is 17.6 Å². The number of hydrogen-bond donors (Lipinski definition) is 2. The molecule has 0 bridgehead atoms. The van der Waals surface area contributed by atoms with Crippen LogP contribution in [0.2, 0.25) is 0 Å². The molecule has 0 saturated heterocycles. The number of sulfonamides is 1. The van der Waals surface area contributed by atoms with Crippen LogP contribution in [0.4, 0.5) is 15.9 Å². The average molecular weight is 337 g/mol. The summed E-state index contributed by atoms with van der Waals surface area (Å²) in [6, 6.07) is 9.77. The van der Waals surface area contributed by atoms with Gasteiger partial charge < -0.3 is 5.32 Å². The summed E-state index contributed by atoms with van der Waals surface area (Å²) in [4.78, 5) is 4.13. The fraction of sp³-hybridized carbons (Fsp3) is 0.312. The number of nitrogens with one attached hydrogen (secondary N) is 2. The molecule has 0 spiro atoms. The third kappa shape index (κ3) is 5.52. The van der Waals surface area contributed by atoms with E-state index in [1.807, 2.05) is 6.92 Å². The smallest absolute Gasteiger partial charge is 0.232 e. The summed E-state index contributed by atoms with van der Waals surface area (Å²) in [6.07, 6.45) is 2.87. The van der Waals surface area contributed by atoms with Crippen molar-refractivity contribution in [2.75, 3.05) is 15.8 Å². The molecule has 23 heavy (non-hydrogen) atoms. The van der Waals surface area contributed by atoms with E-state index < -0.39 is 10.0 Å². The highest BCUT2D eigenvalue weighted by atomic mass is 32.2. The van der Waals surface area contributed by atoms with E-state index in [9.17, 15) is 12.8 Å². The summed E-state index contributed by atoms with van der Waals surface area (Å²) in [5, 5.41) is 3.00. The van der Waals surface area contributed by atoms with Gasteiger partial charge in [0, 0.05) is 12.1 Å². The van der Waals surface area contributed by atoms with Crippen LogP contribution in [-0.4, -0.2) is 19.2 Å². The van der Waals surface area contributed by atoms with E-state index in [0.29, 0.717) is 30.0 Å². The van der Waals surface area contributed by atoms with Crippen molar-refractivity contribution < 1.29 is 12.8 Å². The Morgan fingerprint density at radius 1 is 1.17 bits per heavy atom. The molecule has 5 nitrogen and oxygen atoms in total. The van der Waals surface area contributed by atoms with Crippen LogP contribution in [-0.2, 0) is 16.6 Å². The lowest BCUT2D eigenvalue weighted by Gasteiger charge is -2.09. The van der Waals surface area contributed by atoms with Crippen molar-refractivity contribution in [1.29, 1.82) is 0 Å². The summed E-state index contributed by atoms with van der Waals surface area (Å²) in [7, 11) is -3.33. The number of hydrogen-bond acceptors (Lipinski definition) is 4. The van der Waals surface area contributed by atoms with Gasteiger partial charge in [-0.2, -0.15) is 0 Å². The van der Waals surface area contributed by atoms with Gasteiger partial charge in [0.15, 0.2) is 0 Å². The Hall–Kier alpha value is -2.15. The summed E-state index contributed by atoms with van der Waals surface area (Å²) in [5.41, 5.74) is 0.955. The number of nitrogens with zero attached hydrogens (tertiary/aromatic N) is 1.